The van der Waals surface area contributed by atoms with Crippen molar-refractivity contribution >= 4 is 29.1 Å². The first-order valence-corrected chi connectivity index (χ1v) is 7.88. The van der Waals surface area contributed by atoms with E-state index in [0.717, 1.165) is 42.1 Å². The zero-order valence-corrected chi connectivity index (χ0v) is 12.3. The number of nitrogens with one attached hydrogen (secondary N) is 2. The molecule has 1 aromatic rings. The van der Waals surface area contributed by atoms with Crippen LogP contribution in [-0.4, -0.2) is 36.3 Å². The molecule has 0 unspecified atom stereocenters. The lowest BCUT2D eigenvalue weighted by Gasteiger charge is -2.08. The van der Waals surface area contributed by atoms with Gasteiger partial charge in [-0.3, -0.25) is 4.99 Å². The lowest BCUT2D eigenvalue weighted by molar-refractivity contribution is 0.845. The fourth-order valence-electron chi connectivity index (χ4n) is 1.21. The van der Waals surface area contributed by atoms with E-state index in [0.29, 0.717) is 0 Å². The zero-order valence-electron chi connectivity index (χ0n) is 10.7. The molecule has 0 aliphatic heterocycles. The fraction of sp³-hybridized carbons (Fsp3) is 0.500. The van der Waals surface area contributed by atoms with Crippen LogP contribution in [0.4, 0.5) is 0 Å². The first-order chi connectivity index (χ1) is 8.86. The number of thioether (sulfide) groups is 1. The maximum Gasteiger partial charge on any atom is 0.191 e. The average molecular weight is 284 g/mol. The highest BCUT2D eigenvalue weighted by Gasteiger charge is 1.97. The fourth-order valence-corrected chi connectivity index (χ4v) is 2.84. The lowest BCUT2D eigenvalue weighted by atomic mass is 10.5. The Bertz CT molecular complexity index is 349. The minimum Gasteiger partial charge on any atom is -0.357 e. The molecular formula is C12H20N4S2. The van der Waals surface area contributed by atoms with Crippen molar-refractivity contribution in [1.82, 2.24) is 15.6 Å². The van der Waals surface area contributed by atoms with Gasteiger partial charge in [0.2, 0.25) is 0 Å². The molecule has 0 bridgehead atoms. The summed E-state index contributed by atoms with van der Waals surface area (Å²) in [5.74, 6) is 1.91. The summed E-state index contributed by atoms with van der Waals surface area (Å²) >= 11 is 3.48. The maximum atomic E-state index is 4.49. The van der Waals surface area contributed by atoms with Crippen LogP contribution in [0.5, 0.6) is 0 Å². The van der Waals surface area contributed by atoms with Crippen molar-refractivity contribution in [3.8, 4) is 0 Å². The van der Waals surface area contributed by atoms with Crippen molar-refractivity contribution in [3.63, 3.8) is 0 Å². The van der Waals surface area contributed by atoms with E-state index in [1.54, 1.807) is 23.1 Å². The van der Waals surface area contributed by atoms with Gasteiger partial charge in [0.1, 0.15) is 4.34 Å². The van der Waals surface area contributed by atoms with Gasteiger partial charge in [-0.05, 0) is 13.3 Å². The molecule has 0 aromatic carbocycles. The van der Waals surface area contributed by atoms with Crippen molar-refractivity contribution in [2.75, 3.05) is 25.4 Å². The first-order valence-electron chi connectivity index (χ1n) is 6.02. The second-order valence-electron chi connectivity index (χ2n) is 3.43. The molecule has 4 nitrogen and oxygen atoms in total. The van der Waals surface area contributed by atoms with Gasteiger partial charge in [0, 0.05) is 37.0 Å². The standard InChI is InChI=1S/C12H20N4S2/c1-3-6-14-11(13-4-2)15-7-5-9-17-12-16-8-10-18-12/h3,8,10H,1,4-7,9H2,2H3,(H2,13,14,15). The molecule has 0 aliphatic carbocycles. The van der Waals surface area contributed by atoms with Gasteiger partial charge in [-0.15, -0.1) is 17.9 Å². The number of hydrogen-bond donors (Lipinski definition) is 2. The highest BCUT2D eigenvalue weighted by atomic mass is 32.2. The van der Waals surface area contributed by atoms with Crippen LogP contribution in [-0.2, 0) is 0 Å². The van der Waals surface area contributed by atoms with E-state index in [1.165, 1.54) is 0 Å². The summed E-state index contributed by atoms with van der Waals surface area (Å²) < 4.78 is 1.13. The predicted octanol–water partition coefficient (Wildman–Crippen LogP) is 2.37. The molecule has 0 saturated carbocycles. The van der Waals surface area contributed by atoms with Crippen molar-refractivity contribution in [1.29, 1.82) is 0 Å². The molecule has 0 radical (unpaired) electrons. The molecule has 0 amide bonds. The van der Waals surface area contributed by atoms with Crippen molar-refractivity contribution in [2.45, 2.75) is 17.7 Å². The summed E-state index contributed by atoms with van der Waals surface area (Å²) in [6.07, 6.45) is 4.72. The van der Waals surface area contributed by atoms with E-state index in [2.05, 4.69) is 34.1 Å². The largest absolute Gasteiger partial charge is 0.357 e. The molecule has 0 aliphatic rings. The number of rotatable bonds is 8. The van der Waals surface area contributed by atoms with E-state index in [4.69, 9.17) is 0 Å². The van der Waals surface area contributed by atoms with Crippen molar-refractivity contribution in [2.24, 2.45) is 4.99 Å². The Labute approximate surface area is 117 Å². The Morgan fingerprint density at radius 1 is 1.61 bits per heavy atom. The number of nitrogens with zero attached hydrogens (tertiary/aromatic N) is 2. The van der Waals surface area contributed by atoms with Gasteiger partial charge in [-0.1, -0.05) is 17.8 Å². The van der Waals surface area contributed by atoms with Crippen LogP contribution < -0.4 is 10.6 Å². The molecular weight excluding hydrogens is 264 g/mol. The number of hydrogen-bond acceptors (Lipinski definition) is 4. The third kappa shape index (κ3) is 6.66. The highest BCUT2D eigenvalue weighted by Crippen LogP contribution is 2.20. The van der Waals surface area contributed by atoms with Crippen LogP contribution in [0.25, 0.3) is 0 Å². The molecule has 1 rings (SSSR count). The summed E-state index contributed by atoms with van der Waals surface area (Å²) in [4.78, 5) is 8.71. The van der Waals surface area contributed by atoms with E-state index in [1.807, 2.05) is 17.7 Å². The molecule has 0 atom stereocenters. The van der Waals surface area contributed by atoms with E-state index in [-0.39, 0.29) is 0 Å². The molecule has 100 valence electrons. The monoisotopic (exact) mass is 284 g/mol. The molecule has 0 fully saturated rings. The van der Waals surface area contributed by atoms with Crippen LogP contribution in [0.2, 0.25) is 0 Å². The molecule has 0 spiro atoms. The van der Waals surface area contributed by atoms with Gasteiger partial charge in [0.05, 0.1) is 0 Å². The van der Waals surface area contributed by atoms with Crippen LogP contribution in [0.3, 0.4) is 0 Å². The molecule has 0 saturated heterocycles. The van der Waals surface area contributed by atoms with E-state index >= 15 is 0 Å². The summed E-state index contributed by atoms with van der Waals surface area (Å²) in [7, 11) is 0. The van der Waals surface area contributed by atoms with Crippen LogP contribution in [0, 0.1) is 0 Å². The maximum absolute atomic E-state index is 4.49. The molecule has 1 aromatic heterocycles. The van der Waals surface area contributed by atoms with Crippen molar-refractivity contribution < 1.29 is 0 Å². The Kier molecular flexibility index (Phi) is 8.33. The van der Waals surface area contributed by atoms with Gasteiger partial charge in [-0.2, -0.15) is 0 Å². The Morgan fingerprint density at radius 3 is 3.17 bits per heavy atom. The summed E-state index contributed by atoms with van der Waals surface area (Å²) in [6.45, 7) is 8.17. The summed E-state index contributed by atoms with van der Waals surface area (Å²) in [5, 5.41) is 8.38. The molecule has 1 heterocycles. The van der Waals surface area contributed by atoms with Gasteiger partial charge in [-0.25, -0.2) is 4.98 Å². The minimum atomic E-state index is 0.736. The predicted molar refractivity (Wildman–Crippen MR) is 81.6 cm³/mol. The Balaban J connectivity index is 2.17. The SMILES string of the molecule is C=CCNC(=NCCCSc1nccs1)NCC. The highest BCUT2D eigenvalue weighted by molar-refractivity contribution is 8.00. The summed E-state index contributed by atoms with van der Waals surface area (Å²) in [6, 6.07) is 0. The molecule has 18 heavy (non-hydrogen) atoms. The van der Waals surface area contributed by atoms with Gasteiger partial charge in [0.15, 0.2) is 5.96 Å². The minimum absolute atomic E-state index is 0.736. The number of aromatic nitrogens is 1. The number of aliphatic imine (C=N–C) groups is 1. The smallest absolute Gasteiger partial charge is 0.191 e. The number of guanidine groups is 1. The second kappa shape index (κ2) is 9.96. The van der Waals surface area contributed by atoms with Crippen LogP contribution >= 0.6 is 23.1 Å². The second-order valence-corrected chi connectivity index (χ2v) is 5.67. The van der Waals surface area contributed by atoms with E-state index in [9.17, 15) is 0 Å². The Hall–Kier alpha value is -1.01. The van der Waals surface area contributed by atoms with Crippen LogP contribution in [0.15, 0.2) is 33.6 Å². The number of thiazole rings is 1. The quantitative estimate of drug-likeness (QED) is 0.253. The van der Waals surface area contributed by atoms with Crippen LogP contribution in [0.1, 0.15) is 13.3 Å². The van der Waals surface area contributed by atoms with Gasteiger partial charge < -0.3 is 10.6 Å². The van der Waals surface area contributed by atoms with Crippen molar-refractivity contribution in [3.05, 3.63) is 24.2 Å². The first kappa shape index (κ1) is 15.0. The average Bonchev–Trinajstić information content (AvgIpc) is 2.88. The normalized spacial score (nSPS) is 11.3. The third-order valence-electron chi connectivity index (χ3n) is 1.97. The lowest BCUT2D eigenvalue weighted by Crippen LogP contribution is -2.37. The summed E-state index contributed by atoms with van der Waals surface area (Å²) in [5.41, 5.74) is 0. The third-order valence-corrected chi connectivity index (χ3v) is 4.02. The topological polar surface area (TPSA) is 49.3 Å². The zero-order chi connectivity index (χ0) is 13.1. The van der Waals surface area contributed by atoms with Gasteiger partial charge >= 0.3 is 0 Å². The molecule has 2 N–H and O–H groups in total. The Morgan fingerprint density at radius 2 is 2.50 bits per heavy atom. The van der Waals surface area contributed by atoms with Gasteiger partial charge in [0.25, 0.3) is 0 Å². The molecule has 6 heteroatoms. The van der Waals surface area contributed by atoms with E-state index < -0.39 is 0 Å².